The summed E-state index contributed by atoms with van der Waals surface area (Å²) in [6, 6.07) is 15.7. The number of benzene rings is 1. The van der Waals surface area contributed by atoms with Crippen LogP contribution in [0.15, 0.2) is 78.8 Å². The van der Waals surface area contributed by atoms with Gasteiger partial charge >= 0.3 is 0 Å². The van der Waals surface area contributed by atoms with E-state index in [0.29, 0.717) is 23.5 Å². The van der Waals surface area contributed by atoms with E-state index in [1.807, 2.05) is 24.3 Å². The van der Waals surface area contributed by atoms with Crippen molar-refractivity contribution in [3.8, 4) is 11.9 Å². The molecule has 0 unspecified atom stereocenters. The second-order valence-electron chi connectivity index (χ2n) is 6.76. The number of rotatable bonds is 5. The minimum absolute atomic E-state index is 0.177. The first-order valence-electron chi connectivity index (χ1n) is 9.36. The number of allylic oxidation sites excluding steroid dienone is 3. The maximum absolute atomic E-state index is 12.4. The number of nitrogens with one attached hydrogen (secondary N) is 1. The molecule has 1 amide bonds. The van der Waals surface area contributed by atoms with E-state index in [1.165, 1.54) is 33.8 Å². The quantitative estimate of drug-likeness (QED) is 0.731. The minimum Gasteiger partial charge on any atom is -0.348 e. The maximum atomic E-state index is 12.4. The lowest BCUT2D eigenvalue weighted by molar-refractivity contribution is 0.0956. The number of hydrogen-bond acceptors (Lipinski definition) is 4. The van der Waals surface area contributed by atoms with Crippen LogP contribution in [0, 0.1) is 11.3 Å². The van der Waals surface area contributed by atoms with E-state index in [2.05, 4.69) is 39.7 Å². The number of carbonyl (C=O) groups is 1. The molecule has 0 aliphatic heterocycles. The summed E-state index contributed by atoms with van der Waals surface area (Å²) in [6.45, 7) is 0.512. The van der Waals surface area contributed by atoms with Crippen molar-refractivity contribution in [2.45, 2.75) is 12.8 Å². The van der Waals surface area contributed by atoms with Crippen LogP contribution >= 0.6 is 0 Å². The number of nitriles is 1. The number of aromatic nitrogens is 3. The van der Waals surface area contributed by atoms with Crippen molar-refractivity contribution in [3.05, 3.63) is 95.5 Å². The van der Waals surface area contributed by atoms with Crippen LogP contribution in [0.1, 0.15) is 34.3 Å². The molecule has 1 N–H and O–H groups in total. The molecule has 2 aromatic heterocycles. The molecular formula is C23H19N5O. The average molecular weight is 381 g/mol. The molecule has 0 atom stereocenters. The minimum atomic E-state index is -0.177. The summed E-state index contributed by atoms with van der Waals surface area (Å²) in [5.41, 5.74) is 4.70. The highest BCUT2D eigenvalue weighted by Gasteiger charge is 2.12. The van der Waals surface area contributed by atoms with Crippen LogP contribution in [0.3, 0.4) is 0 Å². The molecule has 6 nitrogen and oxygen atoms in total. The summed E-state index contributed by atoms with van der Waals surface area (Å²) in [5, 5.41) is 16.0. The highest BCUT2D eigenvalue weighted by atomic mass is 16.1. The summed E-state index contributed by atoms with van der Waals surface area (Å²) in [6.07, 6.45) is 10.7. The van der Waals surface area contributed by atoms with Crippen LogP contribution < -0.4 is 5.32 Å². The lowest BCUT2D eigenvalue weighted by Gasteiger charge is -2.15. The fourth-order valence-corrected chi connectivity index (χ4v) is 3.17. The zero-order chi connectivity index (χ0) is 20.1. The van der Waals surface area contributed by atoms with Gasteiger partial charge in [0.1, 0.15) is 6.07 Å². The normalized spacial score (nSPS) is 13.2. The second-order valence-corrected chi connectivity index (χ2v) is 6.76. The Balaban J connectivity index is 1.37. The van der Waals surface area contributed by atoms with E-state index >= 15 is 0 Å². The van der Waals surface area contributed by atoms with Crippen LogP contribution in [0.4, 0.5) is 0 Å². The molecule has 0 saturated heterocycles. The number of amides is 1. The van der Waals surface area contributed by atoms with Gasteiger partial charge in [0, 0.05) is 18.9 Å². The van der Waals surface area contributed by atoms with Gasteiger partial charge in [0.05, 0.1) is 17.3 Å². The molecule has 1 aliphatic rings. The van der Waals surface area contributed by atoms with Gasteiger partial charge < -0.3 is 5.32 Å². The molecule has 2 heterocycles. The second kappa shape index (κ2) is 8.36. The van der Waals surface area contributed by atoms with Gasteiger partial charge in [0.2, 0.25) is 0 Å². The third-order valence-corrected chi connectivity index (χ3v) is 4.81. The van der Waals surface area contributed by atoms with Crippen LogP contribution in [0.2, 0.25) is 0 Å². The van der Waals surface area contributed by atoms with E-state index < -0.39 is 0 Å². The maximum Gasteiger partial charge on any atom is 0.254 e. The van der Waals surface area contributed by atoms with Crippen molar-refractivity contribution >= 4 is 11.5 Å². The molecule has 142 valence electrons. The van der Waals surface area contributed by atoms with Gasteiger partial charge in [-0.2, -0.15) is 10.4 Å². The Kier molecular flexibility index (Phi) is 5.30. The van der Waals surface area contributed by atoms with Crippen molar-refractivity contribution < 1.29 is 4.79 Å². The average Bonchev–Trinajstić information content (AvgIpc) is 3.29. The Morgan fingerprint density at radius 1 is 1.10 bits per heavy atom. The fraction of sp³-hybridized carbons (Fsp3) is 0.130. The lowest BCUT2D eigenvalue weighted by Crippen LogP contribution is -2.25. The van der Waals surface area contributed by atoms with Crippen molar-refractivity contribution in [3.63, 3.8) is 0 Å². The number of pyridine rings is 1. The summed E-state index contributed by atoms with van der Waals surface area (Å²) < 4.78 is 1.52. The Bertz CT molecular complexity index is 1120. The summed E-state index contributed by atoms with van der Waals surface area (Å²) >= 11 is 0. The summed E-state index contributed by atoms with van der Waals surface area (Å²) in [4.78, 5) is 16.6. The van der Waals surface area contributed by atoms with Gasteiger partial charge in [0.15, 0.2) is 5.82 Å². The smallest absolute Gasteiger partial charge is 0.254 e. The van der Waals surface area contributed by atoms with Crippen molar-refractivity contribution in [1.82, 2.24) is 20.1 Å². The van der Waals surface area contributed by atoms with E-state index in [9.17, 15) is 4.79 Å². The Labute approximate surface area is 168 Å². The van der Waals surface area contributed by atoms with Crippen molar-refractivity contribution in [1.29, 1.82) is 5.26 Å². The molecule has 0 fully saturated rings. The Morgan fingerprint density at radius 3 is 2.66 bits per heavy atom. The summed E-state index contributed by atoms with van der Waals surface area (Å²) in [7, 11) is 0. The molecule has 0 spiro atoms. The van der Waals surface area contributed by atoms with Gasteiger partial charge in [-0.25, -0.2) is 9.67 Å². The molecule has 3 aromatic rings. The Hall–Kier alpha value is -3.98. The first-order valence-corrected chi connectivity index (χ1v) is 9.36. The number of nitrogens with zero attached hydrogens (tertiary/aromatic N) is 4. The molecule has 1 aromatic carbocycles. The molecule has 0 saturated carbocycles. The van der Waals surface area contributed by atoms with E-state index in [-0.39, 0.29) is 5.91 Å². The van der Waals surface area contributed by atoms with E-state index in [0.717, 1.165) is 12.8 Å². The van der Waals surface area contributed by atoms with E-state index in [1.54, 1.807) is 18.3 Å². The van der Waals surface area contributed by atoms with E-state index in [4.69, 9.17) is 5.26 Å². The zero-order valence-electron chi connectivity index (χ0n) is 15.7. The fourth-order valence-electron chi connectivity index (χ4n) is 3.17. The predicted molar refractivity (Wildman–Crippen MR) is 110 cm³/mol. The van der Waals surface area contributed by atoms with Gasteiger partial charge in [0.25, 0.3) is 5.91 Å². The monoisotopic (exact) mass is 381 g/mol. The first kappa shape index (κ1) is 18.4. The summed E-state index contributed by atoms with van der Waals surface area (Å²) in [5.74, 6) is 0.375. The third kappa shape index (κ3) is 4.30. The number of hydrogen-bond donors (Lipinski definition) is 1. The highest BCUT2D eigenvalue weighted by Crippen LogP contribution is 2.26. The zero-order valence-corrected chi connectivity index (χ0v) is 15.7. The first-order chi connectivity index (χ1) is 14.2. The van der Waals surface area contributed by atoms with Crippen LogP contribution in [-0.4, -0.2) is 27.2 Å². The standard InChI is InChI=1S/C23H19N5O/c24-12-18-8-11-22(25-14-18)28-16-21(15-27-28)23(29)26-13-17-6-9-20(10-7-17)19-4-2-1-3-5-19/h1-6,8-9,11,14-16H,7,10,13H2,(H,26,29). The Morgan fingerprint density at radius 2 is 1.97 bits per heavy atom. The molecule has 29 heavy (non-hydrogen) atoms. The van der Waals surface area contributed by atoms with Crippen molar-refractivity contribution in [2.24, 2.45) is 0 Å². The van der Waals surface area contributed by atoms with Crippen molar-refractivity contribution in [2.75, 3.05) is 6.54 Å². The molecule has 0 radical (unpaired) electrons. The van der Waals surface area contributed by atoms with Gasteiger partial charge in [-0.15, -0.1) is 0 Å². The molecule has 0 bridgehead atoms. The number of carbonyl (C=O) groups excluding carboxylic acids is 1. The topological polar surface area (TPSA) is 83.6 Å². The molecule has 1 aliphatic carbocycles. The highest BCUT2D eigenvalue weighted by molar-refractivity contribution is 5.93. The van der Waals surface area contributed by atoms with Crippen LogP contribution in [0.5, 0.6) is 0 Å². The van der Waals surface area contributed by atoms with Gasteiger partial charge in [-0.3, -0.25) is 4.79 Å². The van der Waals surface area contributed by atoms with Gasteiger partial charge in [-0.05, 0) is 36.1 Å². The predicted octanol–water partition coefficient (Wildman–Crippen LogP) is 3.67. The largest absolute Gasteiger partial charge is 0.348 e. The molecule has 6 heteroatoms. The SMILES string of the molecule is N#Cc1ccc(-n2cc(C(=O)NCC3=CC=C(c4ccccc4)CC3)cn2)nc1. The molecule has 4 rings (SSSR count). The molecular weight excluding hydrogens is 362 g/mol. The lowest BCUT2D eigenvalue weighted by atomic mass is 9.93. The van der Waals surface area contributed by atoms with Crippen LogP contribution in [0.25, 0.3) is 11.4 Å². The van der Waals surface area contributed by atoms with Gasteiger partial charge in [-0.1, -0.05) is 48.1 Å². The van der Waals surface area contributed by atoms with Crippen LogP contribution in [-0.2, 0) is 0 Å². The third-order valence-electron chi connectivity index (χ3n) is 4.81.